The second-order valence-electron chi connectivity index (χ2n) is 4.86. The quantitative estimate of drug-likeness (QED) is 0.850. The van der Waals surface area contributed by atoms with Crippen molar-refractivity contribution in [1.82, 2.24) is 4.90 Å². The zero-order valence-corrected chi connectivity index (χ0v) is 13.9. The van der Waals surface area contributed by atoms with E-state index in [0.717, 1.165) is 5.56 Å². The zero-order valence-electron chi connectivity index (χ0n) is 11.6. The summed E-state index contributed by atoms with van der Waals surface area (Å²) < 4.78 is 0. The second kappa shape index (κ2) is 6.79. The average Bonchev–Trinajstić information content (AvgIpc) is 2.38. The molecule has 3 nitrogen and oxygen atoms in total. The molecule has 2 rings (SSSR count). The normalized spacial score (nSPS) is 11.1. The average molecular weight is 344 g/mol. The number of rotatable bonds is 4. The lowest BCUT2D eigenvalue weighted by molar-refractivity contribution is 0.382. The van der Waals surface area contributed by atoms with Gasteiger partial charge in [-0.1, -0.05) is 35.0 Å². The van der Waals surface area contributed by atoms with E-state index in [2.05, 4.69) is 0 Å². The predicted molar refractivity (Wildman–Crippen MR) is 87.7 cm³/mol. The Labute approximate surface area is 138 Å². The number of phenols is 2. The van der Waals surface area contributed by atoms with E-state index in [4.69, 9.17) is 23.2 Å². The molecule has 2 aromatic carbocycles. The molecule has 0 spiro atoms. The molecule has 0 aliphatic rings. The maximum absolute atomic E-state index is 10.4. The fraction of sp³-hybridized carbons (Fsp3) is 0.200. The van der Waals surface area contributed by atoms with Crippen molar-refractivity contribution in [3.63, 3.8) is 0 Å². The summed E-state index contributed by atoms with van der Waals surface area (Å²) in [4.78, 5) is 3.09. The van der Waals surface area contributed by atoms with Gasteiger partial charge >= 0.3 is 0 Å². The lowest BCUT2D eigenvalue weighted by Crippen LogP contribution is -2.10. The third kappa shape index (κ3) is 4.20. The first kappa shape index (κ1) is 16.3. The molecule has 0 atom stereocenters. The third-order valence-electron chi connectivity index (χ3n) is 2.75. The van der Waals surface area contributed by atoms with Gasteiger partial charge in [0.15, 0.2) is 0 Å². The molecule has 6 heteroatoms. The van der Waals surface area contributed by atoms with Crippen molar-refractivity contribution in [2.45, 2.75) is 16.3 Å². The molecule has 0 aliphatic heterocycles. The lowest BCUT2D eigenvalue weighted by atomic mass is 10.2. The highest BCUT2D eigenvalue weighted by Gasteiger charge is 2.13. The minimum Gasteiger partial charge on any atom is -0.507 e. The molecule has 2 N–H and O–H groups in total. The summed E-state index contributed by atoms with van der Waals surface area (Å²) in [5.41, 5.74) is 0.733. The summed E-state index contributed by atoms with van der Waals surface area (Å²) >= 11 is 13.3. The van der Waals surface area contributed by atoms with Crippen LogP contribution in [0.4, 0.5) is 0 Å². The second-order valence-corrected chi connectivity index (χ2v) is 6.82. The first-order valence-electron chi connectivity index (χ1n) is 6.19. The Bertz CT molecular complexity index is 662. The van der Waals surface area contributed by atoms with Crippen LogP contribution in [0.25, 0.3) is 0 Å². The molecular weight excluding hydrogens is 329 g/mol. The van der Waals surface area contributed by atoms with Crippen LogP contribution < -0.4 is 0 Å². The van der Waals surface area contributed by atoms with Crippen LogP contribution in [0.1, 0.15) is 5.56 Å². The van der Waals surface area contributed by atoms with Gasteiger partial charge in [0.25, 0.3) is 0 Å². The van der Waals surface area contributed by atoms with Crippen LogP contribution in [0.3, 0.4) is 0 Å². The smallest absolute Gasteiger partial charge is 0.134 e. The Kier molecular flexibility index (Phi) is 5.27. The Morgan fingerprint density at radius 2 is 1.67 bits per heavy atom. The molecule has 0 amide bonds. The number of phenolic OH excluding ortho intramolecular Hbond substituents is 2. The Morgan fingerprint density at radius 1 is 1.00 bits per heavy atom. The molecular formula is C15H15Cl2NO2S. The SMILES string of the molecule is CN(C)Cc1cc(Cl)cc(Sc2cc(Cl)ccc2O)c1O. The van der Waals surface area contributed by atoms with Crippen LogP contribution in [0.15, 0.2) is 40.1 Å². The topological polar surface area (TPSA) is 43.7 Å². The molecule has 2 aromatic rings. The van der Waals surface area contributed by atoms with Gasteiger partial charge in [-0.25, -0.2) is 0 Å². The Morgan fingerprint density at radius 3 is 2.33 bits per heavy atom. The number of hydrogen-bond acceptors (Lipinski definition) is 4. The summed E-state index contributed by atoms with van der Waals surface area (Å²) in [7, 11) is 3.83. The van der Waals surface area contributed by atoms with Crippen molar-refractivity contribution in [2.24, 2.45) is 0 Å². The van der Waals surface area contributed by atoms with Gasteiger partial charge in [-0.2, -0.15) is 0 Å². The van der Waals surface area contributed by atoms with Crippen LogP contribution in [-0.2, 0) is 6.54 Å². The van der Waals surface area contributed by atoms with Crippen molar-refractivity contribution >= 4 is 35.0 Å². The lowest BCUT2D eigenvalue weighted by Gasteiger charge is -2.14. The van der Waals surface area contributed by atoms with Crippen LogP contribution in [0.5, 0.6) is 11.5 Å². The van der Waals surface area contributed by atoms with Gasteiger partial charge < -0.3 is 15.1 Å². The van der Waals surface area contributed by atoms with E-state index in [9.17, 15) is 10.2 Å². The molecule has 21 heavy (non-hydrogen) atoms. The number of halogens is 2. The van der Waals surface area contributed by atoms with E-state index >= 15 is 0 Å². The molecule has 0 bridgehead atoms. The van der Waals surface area contributed by atoms with E-state index < -0.39 is 0 Å². The van der Waals surface area contributed by atoms with Crippen LogP contribution >= 0.6 is 35.0 Å². The number of nitrogens with zero attached hydrogens (tertiary/aromatic N) is 1. The molecule has 112 valence electrons. The van der Waals surface area contributed by atoms with Gasteiger partial charge in [0.2, 0.25) is 0 Å². The molecule has 0 aliphatic carbocycles. The molecule has 0 radical (unpaired) electrons. The summed E-state index contributed by atoms with van der Waals surface area (Å²) in [5, 5.41) is 21.3. The van der Waals surface area contributed by atoms with E-state index in [1.807, 2.05) is 19.0 Å². The maximum Gasteiger partial charge on any atom is 0.134 e. The highest BCUT2D eigenvalue weighted by Crippen LogP contribution is 2.42. The number of benzene rings is 2. The van der Waals surface area contributed by atoms with Gasteiger partial charge in [-0.15, -0.1) is 0 Å². The maximum atomic E-state index is 10.4. The standard InChI is InChI=1S/C15H15Cl2NO2S/c1-18(2)8-9-5-11(17)7-14(15(9)20)21-13-6-10(16)3-4-12(13)19/h3-7,19-20H,8H2,1-2H3. The highest BCUT2D eigenvalue weighted by atomic mass is 35.5. The highest BCUT2D eigenvalue weighted by molar-refractivity contribution is 7.99. The minimum absolute atomic E-state index is 0.109. The largest absolute Gasteiger partial charge is 0.507 e. The van der Waals surface area contributed by atoms with Crippen molar-refractivity contribution in [3.05, 3.63) is 45.9 Å². The summed E-state index contributed by atoms with van der Waals surface area (Å²) in [5.74, 6) is 0.274. The minimum atomic E-state index is 0.109. The van der Waals surface area contributed by atoms with Gasteiger partial charge in [0.1, 0.15) is 11.5 Å². The van der Waals surface area contributed by atoms with E-state index in [-0.39, 0.29) is 11.5 Å². The summed E-state index contributed by atoms with van der Waals surface area (Å²) in [6.45, 7) is 0.571. The van der Waals surface area contributed by atoms with Crippen LogP contribution in [0.2, 0.25) is 10.0 Å². The third-order valence-corrected chi connectivity index (χ3v) is 4.28. The first-order chi connectivity index (χ1) is 9.86. The summed E-state index contributed by atoms with van der Waals surface area (Å²) in [6.07, 6.45) is 0. The monoisotopic (exact) mass is 343 g/mol. The number of aromatic hydroxyl groups is 2. The van der Waals surface area contributed by atoms with Gasteiger partial charge in [-0.05, 0) is 44.4 Å². The summed E-state index contributed by atoms with van der Waals surface area (Å²) in [6, 6.07) is 8.18. The van der Waals surface area contributed by atoms with Gasteiger partial charge in [0, 0.05) is 22.2 Å². The Hall–Kier alpha value is -1.07. The zero-order chi connectivity index (χ0) is 15.6. The fourth-order valence-corrected chi connectivity index (χ4v) is 3.41. The fourth-order valence-electron chi connectivity index (χ4n) is 1.86. The molecule has 0 unspecified atom stereocenters. The van der Waals surface area contributed by atoms with Crippen molar-refractivity contribution in [2.75, 3.05) is 14.1 Å². The molecule has 0 saturated carbocycles. The van der Waals surface area contributed by atoms with Crippen molar-refractivity contribution in [1.29, 1.82) is 0 Å². The Balaban J connectivity index is 2.39. The van der Waals surface area contributed by atoms with Crippen molar-refractivity contribution in [3.8, 4) is 11.5 Å². The van der Waals surface area contributed by atoms with Gasteiger partial charge in [-0.3, -0.25) is 0 Å². The van der Waals surface area contributed by atoms with Gasteiger partial charge in [0.05, 0.1) is 9.79 Å². The molecule has 0 fully saturated rings. The van der Waals surface area contributed by atoms with E-state index in [1.54, 1.807) is 24.3 Å². The molecule has 0 saturated heterocycles. The van der Waals surface area contributed by atoms with Crippen LogP contribution in [0, 0.1) is 0 Å². The number of hydrogen-bond donors (Lipinski definition) is 2. The molecule has 0 heterocycles. The van der Waals surface area contributed by atoms with E-state index in [1.165, 1.54) is 17.8 Å². The predicted octanol–water partition coefficient (Wildman–Crippen LogP) is 4.62. The van der Waals surface area contributed by atoms with Crippen LogP contribution in [-0.4, -0.2) is 29.2 Å². The van der Waals surface area contributed by atoms with E-state index in [0.29, 0.717) is 26.4 Å². The first-order valence-corrected chi connectivity index (χ1v) is 7.76. The molecule has 0 aromatic heterocycles. The van der Waals surface area contributed by atoms with Crippen molar-refractivity contribution < 1.29 is 10.2 Å².